The molecule has 0 radical (unpaired) electrons. The number of rotatable bonds is 3. The van der Waals surface area contributed by atoms with Gasteiger partial charge in [-0.1, -0.05) is 0 Å². The van der Waals surface area contributed by atoms with Gasteiger partial charge in [0, 0.05) is 17.3 Å². The third-order valence-corrected chi connectivity index (χ3v) is 3.24. The number of thiophene rings is 1. The summed E-state index contributed by atoms with van der Waals surface area (Å²) >= 11 is 1.19. The molecular formula is C12H11NO3S. The summed E-state index contributed by atoms with van der Waals surface area (Å²) in [5.41, 5.74) is 7.70. The second-order valence-corrected chi connectivity index (χ2v) is 4.38. The summed E-state index contributed by atoms with van der Waals surface area (Å²) in [5, 5.41) is 10.8. The van der Waals surface area contributed by atoms with Crippen molar-refractivity contribution in [2.45, 2.75) is 0 Å². The molecule has 88 valence electrons. The molecule has 1 heterocycles. The number of nitrogen functional groups attached to an aromatic ring is 1. The minimum absolute atomic E-state index is 0.303. The number of hydrogen-bond acceptors (Lipinski definition) is 4. The van der Waals surface area contributed by atoms with E-state index in [9.17, 15) is 4.79 Å². The van der Waals surface area contributed by atoms with Crippen molar-refractivity contribution in [2.24, 2.45) is 0 Å². The van der Waals surface area contributed by atoms with Crippen LogP contribution in [0.1, 0.15) is 9.67 Å². The van der Waals surface area contributed by atoms with E-state index in [0.717, 1.165) is 5.56 Å². The molecule has 0 spiro atoms. The minimum atomic E-state index is -0.934. The molecule has 5 heteroatoms. The molecule has 0 unspecified atom stereocenters. The van der Waals surface area contributed by atoms with Gasteiger partial charge in [-0.25, -0.2) is 4.79 Å². The van der Waals surface area contributed by atoms with Gasteiger partial charge >= 0.3 is 5.97 Å². The van der Waals surface area contributed by atoms with Crippen LogP contribution in [0, 0.1) is 0 Å². The van der Waals surface area contributed by atoms with Gasteiger partial charge in [0.15, 0.2) is 0 Å². The maximum Gasteiger partial charge on any atom is 0.346 e. The molecule has 0 bridgehead atoms. The molecule has 1 aromatic carbocycles. The van der Waals surface area contributed by atoms with Crippen molar-refractivity contribution in [3.63, 3.8) is 0 Å². The fourth-order valence-electron chi connectivity index (χ4n) is 1.60. The summed E-state index contributed by atoms with van der Waals surface area (Å²) in [6, 6.07) is 6.96. The largest absolute Gasteiger partial charge is 0.497 e. The van der Waals surface area contributed by atoms with E-state index < -0.39 is 5.97 Å². The van der Waals surface area contributed by atoms with Gasteiger partial charge in [-0.3, -0.25) is 0 Å². The Kier molecular flexibility index (Phi) is 3.01. The molecule has 3 N–H and O–H groups in total. The molecule has 0 aliphatic rings. The van der Waals surface area contributed by atoms with E-state index >= 15 is 0 Å². The zero-order chi connectivity index (χ0) is 12.4. The first kappa shape index (κ1) is 11.5. The molecule has 0 aliphatic heterocycles. The number of carbonyl (C=O) groups is 1. The lowest BCUT2D eigenvalue weighted by Crippen LogP contribution is -1.95. The van der Waals surface area contributed by atoms with Crippen LogP contribution >= 0.6 is 11.3 Å². The van der Waals surface area contributed by atoms with Gasteiger partial charge in [-0.05, 0) is 29.1 Å². The summed E-state index contributed by atoms with van der Waals surface area (Å²) in [6.45, 7) is 0. The number of methoxy groups -OCH3 is 1. The van der Waals surface area contributed by atoms with Crippen molar-refractivity contribution >= 4 is 23.0 Å². The molecule has 2 aromatic rings. The van der Waals surface area contributed by atoms with E-state index in [1.54, 1.807) is 36.8 Å². The summed E-state index contributed by atoms with van der Waals surface area (Å²) in [6.07, 6.45) is 0. The number of hydrogen-bond donors (Lipinski definition) is 2. The quantitative estimate of drug-likeness (QED) is 0.820. The predicted molar refractivity (Wildman–Crippen MR) is 67.7 cm³/mol. The van der Waals surface area contributed by atoms with Crippen LogP contribution in [-0.2, 0) is 0 Å². The van der Waals surface area contributed by atoms with E-state index in [0.29, 0.717) is 21.9 Å². The molecule has 0 atom stereocenters. The average Bonchev–Trinajstić information content (AvgIpc) is 2.77. The fourth-order valence-corrected chi connectivity index (χ4v) is 2.35. The summed E-state index contributed by atoms with van der Waals surface area (Å²) in [5.74, 6) is -0.320. The summed E-state index contributed by atoms with van der Waals surface area (Å²) in [4.78, 5) is 11.3. The molecule has 0 fully saturated rings. The highest BCUT2D eigenvalue weighted by atomic mass is 32.1. The molecule has 2 rings (SSSR count). The van der Waals surface area contributed by atoms with Crippen LogP contribution in [0.3, 0.4) is 0 Å². The summed E-state index contributed by atoms with van der Waals surface area (Å²) in [7, 11) is 1.55. The topological polar surface area (TPSA) is 72.5 Å². The van der Waals surface area contributed by atoms with Crippen molar-refractivity contribution in [3.8, 4) is 16.9 Å². The SMILES string of the molecule is COc1cc(N)cc(-c2ccsc2C(=O)O)c1. The van der Waals surface area contributed by atoms with Gasteiger partial charge in [0.1, 0.15) is 10.6 Å². The standard InChI is InChI=1S/C12H11NO3S/c1-16-9-5-7(4-8(13)6-9)10-2-3-17-11(10)12(14)15/h2-6H,13H2,1H3,(H,14,15). The van der Waals surface area contributed by atoms with Crippen molar-refractivity contribution in [2.75, 3.05) is 12.8 Å². The maximum absolute atomic E-state index is 11.0. The zero-order valence-corrected chi connectivity index (χ0v) is 9.95. The molecular weight excluding hydrogens is 238 g/mol. The van der Waals surface area contributed by atoms with E-state index in [4.69, 9.17) is 15.6 Å². The fraction of sp³-hybridized carbons (Fsp3) is 0.0833. The van der Waals surface area contributed by atoms with Gasteiger partial charge in [0.25, 0.3) is 0 Å². The van der Waals surface area contributed by atoms with Gasteiger partial charge in [-0.15, -0.1) is 11.3 Å². The highest BCUT2D eigenvalue weighted by Crippen LogP contribution is 2.32. The second kappa shape index (κ2) is 4.47. The van der Waals surface area contributed by atoms with Crippen LogP contribution in [0.2, 0.25) is 0 Å². The highest BCUT2D eigenvalue weighted by molar-refractivity contribution is 7.12. The van der Waals surface area contributed by atoms with Crippen LogP contribution < -0.4 is 10.5 Å². The molecule has 0 amide bonds. The molecule has 0 saturated carbocycles. The number of ether oxygens (including phenoxy) is 1. The molecule has 0 aliphatic carbocycles. The first-order valence-electron chi connectivity index (χ1n) is 4.87. The van der Waals surface area contributed by atoms with Crippen molar-refractivity contribution in [3.05, 3.63) is 34.5 Å². The smallest absolute Gasteiger partial charge is 0.346 e. The number of nitrogens with two attached hydrogens (primary N) is 1. The number of anilines is 1. The first-order valence-corrected chi connectivity index (χ1v) is 5.75. The van der Waals surface area contributed by atoms with Crippen LogP contribution in [0.25, 0.3) is 11.1 Å². The predicted octanol–water partition coefficient (Wildman–Crippen LogP) is 2.70. The average molecular weight is 249 g/mol. The van der Waals surface area contributed by atoms with Crippen LogP contribution in [0.4, 0.5) is 5.69 Å². The molecule has 4 nitrogen and oxygen atoms in total. The Hall–Kier alpha value is -2.01. The van der Waals surface area contributed by atoms with Gasteiger partial charge in [0.05, 0.1) is 7.11 Å². The third kappa shape index (κ3) is 2.24. The Morgan fingerprint density at radius 1 is 1.41 bits per heavy atom. The monoisotopic (exact) mass is 249 g/mol. The highest BCUT2D eigenvalue weighted by Gasteiger charge is 2.14. The lowest BCUT2D eigenvalue weighted by molar-refractivity contribution is 0.0703. The van der Waals surface area contributed by atoms with Gasteiger partial charge < -0.3 is 15.6 Å². The van der Waals surface area contributed by atoms with E-state index in [1.807, 2.05) is 0 Å². The Morgan fingerprint density at radius 2 is 2.18 bits per heavy atom. The van der Waals surface area contributed by atoms with Gasteiger partial charge in [0.2, 0.25) is 0 Å². The Labute approximate surface area is 102 Å². The Morgan fingerprint density at radius 3 is 2.82 bits per heavy atom. The van der Waals surface area contributed by atoms with Crippen LogP contribution in [-0.4, -0.2) is 18.2 Å². The molecule has 0 saturated heterocycles. The van der Waals surface area contributed by atoms with Crippen molar-refractivity contribution < 1.29 is 14.6 Å². The number of aromatic carboxylic acids is 1. The van der Waals surface area contributed by atoms with Crippen molar-refractivity contribution in [1.82, 2.24) is 0 Å². The lowest BCUT2D eigenvalue weighted by atomic mass is 10.1. The van der Waals surface area contributed by atoms with Crippen molar-refractivity contribution in [1.29, 1.82) is 0 Å². The molecule has 17 heavy (non-hydrogen) atoms. The minimum Gasteiger partial charge on any atom is -0.497 e. The Bertz CT molecular complexity index is 563. The summed E-state index contributed by atoms with van der Waals surface area (Å²) < 4.78 is 5.11. The Balaban J connectivity index is 2.56. The normalized spacial score (nSPS) is 10.2. The van der Waals surface area contributed by atoms with Gasteiger partial charge in [-0.2, -0.15) is 0 Å². The number of carboxylic acids is 1. The zero-order valence-electron chi connectivity index (χ0n) is 9.14. The maximum atomic E-state index is 11.0. The first-order chi connectivity index (χ1) is 8.11. The number of benzene rings is 1. The van der Waals surface area contributed by atoms with Crippen LogP contribution in [0.15, 0.2) is 29.6 Å². The third-order valence-electron chi connectivity index (χ3n) is 2.34. The van der Waals surface area contributed by atoms with E-state index in [1.165, 1.54) is 11.3 Å². The number of carboxylic acid groups (broad SMARTS) is 1. The second-order valence-electron chi connectivity index (χ2n) is 3.46. The van der Waals surface area contributed by atoms with E-state index in [2.05, 4.69) is 0 Å². The van der Waals surface area contributed by atoms with E-state index in [-0.39, 0.29) is 0 Å². The lowest BCUT2D eigenvalue weighted by Gasteiger charge is -2.06. The molecule has 1 aromatic heterocycles. The van der Waals surface area contributed by atoms with Crippen LogP contribution in [0.5, 0.6) is 5.75 Å².